The van der Waals surface area contributed by atoms with Gasteiger partial charge < -0.3 is 5.32 Å². The standard InChI is InChI=1S/C14H11Cl2FN2O2/c1-8-2-13(16)14(6-12(8)15)18-7-9-3-10(17)5-11(4-9)19(20)21/h2-6,18H,7H2,1H3. The highest BCUT2D eigenvalue weighted by molar-refractivity contribution is 6.35. The Morgan fingerprint density at radius 2 is 1.90 bits per heavy atom. The predicted molar refractivity (Wildman–Crippen MR) is 81.6 cm³/mol. The van der Waals surface area contributed by atoms with E-state index < -0.39 is 10.7 Å². The Labute approximate surface area is 130 Å². The largest absolute Gasteiger partial charge is 0.380 e. The third-order valence-electron chi connectivity index (χ3n) is 2.88. The fourth-order valence-corrected chi connectivity index (χ4v) is 2.27. The van der Waals surface area contributed by atoms with Crippen LogP contribution in [0, 0.1) is 22.9 Å². The van der Waals surface area contributed by atoms with Crippen LogP contribution in [0.4, 0.5) is 15.8 Å². The molecule has 0 aliphatic heterocycles. The van der Waals surface area contributed by atoms with Crippen molar-refractivity contribution in [3.8, 4) is 0 Å². The molecule has 0 aromatic heterocycles. The number of anilines is 1. The summed E-state index contributed by atoms with van der Waals surface area (Å²) in [5.41, 5.74) is 1.57. The molecule has 0 spiro atoms. The van der Waals surface area contributed by atoms with Gasteiger partial charge in [0, 0.05) is 17.6 Å². The Morgan fingerprint density at radius 3 is 2.57 bits per heavy atom. The highest BCUT2D eigenvalue weighted by atomic mass is 35.5. The molecule has 0 fully saturated rings. The Morgan fingerprint density at radius 1 is 1.19 bits per heavy atom. The summed E-state index contributed by atoms with van der Waals surface area (Å²) in [7, 11) is 0. The lowest BCUT2D eigenvalue weighted by Gasteiger charge is -2.10. The number of nitro groups is 1. The fraction of sp³-hybridized carbons (Fsp3) is 0.143. The zero-order valence-corrected chi connectivity index (χ0v) is 12.5. The van der Waals surface area contributed by atoms with Crippen molar-refractivity contribution in [2.75, 3.05) is 5.32 Å². The summed E-state index contributed by atoms with van der Waals surface area (Å²) in [6, 6.07) is 6.77. The molecule has 2 rings (SSSR count). The molecule has 0 bridgehead atoms. The van der Waals surface area contributed by atoms with Crippen molar-refractivity contribution in [1.29, 1.82) is 0 Å². The summed E-state index contributed by atoms with van der Waals surface area (Å²) < 4.78 is 13.3. The van der Waals surface area contributed by atoms with Crippen LogP contribution in [0.2, 0.25) is 10.0 Å². The van der Waals surface area contributed by atoms with Gasteiger partial charge in [0.25, 0.3) is 5.69 Å². The first-order valence-electron chi connectivity index (χ1n) is 6.00. The molecule has 0 aliphatic rings. The molecule has 1 N–H and O–H groups in total. The minimum absolute atomic E-state index is 0.192. The second-order valence-electron chi connectivity index (χ2n) is 4.51. The number of benzene rings is 2. The second-order valence-corrected chi connectivity index (χ2v) is 5.32. The average molecular weight is 329 g/mol. The Bertz CT molecular complexity index is 708. The van der Waals surface area contributed by atoms with Crippen LogP contribution in [0.25, 0.3) is 0 Å². The first-order chi connectivity index (χ1) is 9.86. The summed E-state index contributed by atoms with van der Waals surface area (Å²) in [5, 5.41) is 14.7. The zero-order valence-electron chi connectivity index (χ0n) is 11.0. The highest BCUT2D eigenvalue weighted by Crippen LogP contribution is 2.29. The summed E-state index contributed by atoms with van der Waals surface area (Å²) in [6.07, 6.45) is 0. The van der Waals surface area contributed by atoms with E-state index in [4.69, 9.17) is 23.2 Å². The van der Waals surface area contributed by atoms with Gasteiger partial charge >= 0.3 is 0 Å². The molecule has 2 aromatic carbocycles. The van der Waals surface area contributed by atoms with Crippen LogP contribution < -0.4 is 5.32 Å². The van der Waals surface area contributed by atoms with Gasteiger partial charge in [-0.3, -0.25) is 10.1 Å². The number of nitrogens with one attached hydrogen (secondary N) is 1. The number of non-ortho nitro benzene ring substituents is 1. The number of rotatable bonds is 4. The first kappa shape index (κ1) is 15.5. The molecule has 0 atom stereocenters. The van der Waals surface area contributed by atoms with E-state index in [1.54, 1.807) is 12.1 Å². The van der Waals surface area contributed by atoms with Crippen LogP contribution in [0.15, 0.2) is 30.3 Å². The molecule has 110 valence electrons. The van der Waals surface area contributed by atoms with Crippen molar-refractivity contribution in [3.63, 3.8) is 0 Å². The minimum Gasteiger partial charge on any atom is -0.380 e. The topological polar surface area (TPSA) is 55.2 Å². The second kappa shape index (κ2) is 6.28. The van der Waals surface area contributed by atoms with Crippen molar-refractivity contribution in [2.24, 2.45) is 0 Å². The van der Waals surface area contributed by atoms with E-state index in [9.17, 15) is 14.5 Å². The molecule has 2 aromatic rings. The van der Waals surface area contributed by atoms with E-state index >= 15 is 0 Å². The van der Waals surface area contributed by atoms with Crippen LogP contribution in [0.5, 0.6) is 0 Å². The van der Waals surface area contributed by atoms with Gasteiger partial charge in [-0.1, -0.05) is 23.2 Å². The van der Waals surface area contributed by atoms with Crippen molar-refractivity contribution in [2.45, 2.75) is 13.5 Å². The van der Waals surface area contributed by atoms with Gasteiger partial charge in [0.15, 0.2) is 0 Å². The normalized spacial score (nSPS) is 10.5. The summed E-state index contributed by atoms with van der Waals surface area (Å²) in [5.74, 6) is -0.658. The lowest BCUT2D eigenvalue weighted by atomic mass is 10.1. The quantitative estimate of drug-likeness (QED) is 0.637. The van der Waals surface area contributed by atoms with Crippen molar-refractivity contribution >= 4 is 34.6 Å². The average Bonchev–Trinajstić information content (AvgIpc) is 2.40. The Kier molecular flexibility index (Phi) is 4.65. The lowest BCUT2D eigenvalue weighted by molar-refractivity contribution is -0.385. The molecule has 7 heteroatoms. The molecule has 0 heterocycles. The van der Waals surface area contributed by atoms with Crippen LogP contribution in [-0.4, -0.2) is 4.92 Å². The molecular weight excluding hydrogens is 318 g/mol. The maximum Gasteiger partial charge on any atom is 0.272 e. The van der Waals surface area contributed by atoms with Gasteiger partial charge in [-0.2, -0.15) is 0 Å². The number of nitrogens with zero attached hydrogens (tertiary/aromatic N) is 1. The summed E-state index contributed by atoms with van der Waals surface area (Å²) in [6.45, 7) is 2.02. The van der Waals surface area contributed by atoms with Crippen LogP contribution >= 0.6 is 23.2 Å². The molecular formula is C14H11Cl2FN2O2. The molecule has 0 unspecified atom stereocenters. The van der Waals surface area contributed by atoms with Gasteiger partial charge in [0.2, 0.25) is 0 Å². The predicted octanol–water partition coefficient (Wildman–Crippen LogP) is 4.96. The highest BCUT2D eigenvalue weighted by Gasteiger charge is 2.10. The molecule has 0 aliphatic carbocycles. The number of nitro benzene ring substituents is 1. The number of halogens is 3. The number of hydrogen-bond acceptors (Lipinski definition) is 3. The van der Waals surface area contributed by atoms with Gasteiger partial charge in [-0.05, 0) is 36.2 Å². The maximum absolute atomic E-state index is 13.3. The van der Waals surface area contributed by atoms with E-state index in [-0.39, 0.29) is 12.2 Å². The first-order valence-corrected chi connectivity index (χ1v) is 6.76. The third kappa shape index (κ3) is 3.83. The smallest absolute Gasteiger partial charge is 0.272 e. The van der Waals surface area contributed by atoms with Gasteiger partial charge in [-0.25, -0.2) is 4.39 Å². The van der Waals surface area contributed by atoms with Crippen molar-refractivity contribution < 1.29 is 9.31 Å². The number of aryl methyl sites for hydroxylation is 1. The number of hydrogen-bond donors (Lipinski definition) is 1. The summed E-state index contributed by atoms with van der Waals surface area (Å²) in [4.78, 5) is 10.1. The molecule has 0 saturated heterocycles. The van der Waals surface area contributed by atoms with E-state index in [1.807, 2.05) is 6.92 Å². The third-order valence-corrected chi connectivity index (χ3v) is 3.60. The Hall–Kier alpha value is -1.85. The minimum atomic E-state index is -0.658. The molecule has 21 heavy (non-hydrogen) atoms. The van der Waals surface area contributed by atoms with E-state index in [1.165, 1.54) is 12.1 Å². The van der Waals surface area contributed by atoms with E-state index in [0.29, 0.717) is 21.3 Å². The summed E-state index contributed by atoms with van der Waals surface area (Å²) >= 11 is 12.1. The molecule has 0 saturated carbocycles. The van der Waals surface area contributed by atoms with E-state index in [0.717, 1.165) is 11.6 Å². The fourth-order valence-electron chi connectivity index (χ4n) is 1.82. The SMILES string of the molecule is Cc1cc(Cl)c(NCc2cc(F)cc([N+](=O)[O-])c2)cc1Cl. The van der Waals surface area contributed by atoms with Gasteiger partial charge in [0.05, 0.1) is 21.7 Å². The Balaban J connectivity index is 2.20. The molecule has 4 nitrogen and oxygen atoms in total. The van der Waals surface area contributed by atoms with Crippen LogP contribution in [-0.2, 0) is 6.54 Å². The van der Waals surface area contributed by atoms with Crippen LogP contribution in [0.3, 0.4) is 0 Å². The van der Waals surface area contributed by atoms with Crippen LogP contribution in [0.1, 0.15) is 11.1 Å². The zero-order chi connectivity index (χ0) is 15.6. The van der Waals surface area contributed by atoms with Gasteiger partial charge in [-0.15, -0.1) is 0 Å². The van der Waals surface area contributed by atoms with E-state index in [2.05, 4.69) is 5.32 Å². The van der Waals surface area contributed by atoms with Gasteiger partial charge in [0.1, 0.15) is 5.82 Å². The maximum atomic E-state index is 13.3. The molecule has 0 radical (unpaired) electrons. The van der Waals surface area contributed by atoms with Crippen molar-refractivity contribution in [1.82, 2.24) is 0 Å². The lowest BCUT2D eigenvalue weighted by Crippen LogP contribution is -2.02. The monoisotopic (exact) mass is 328 g/mol. The molecule has 0 amide bonds. The van der Waals surface area contributed by atoms with Crippen molar-refractivity contribution in [3.05, 3.63) is 67.4 Å².